The van der Waals surface area contributed by atoms with Crippen molar-refractivity contribution in [1.29, 1.82) is 0 Å². The number of benzene rings is 2. The van der Waals surface area contributed by atoms with Crippen LogP contribution in [0.3, 0.4) is 0 Å². The van der Waals surface area contributed by atoms with Crippen molar-refractivity contribution in [2.75, 3.05) is 5.32 Å². The van der Waals surface area contributed by atoms with Crippen molar-refractivity contribution in [2.45, 2.75) is 6.92 Å². The molecule has 0 spiro atoms. The van der Waals surface area contributed by atoms with E-state index in [2.05, 4.69) is 10.3 Å². The van der Waals surface area contributed by atoms with Crippen molar-refractivity contribution in [3.63, 3.8) is 0 Å². The SMILES string of the molecule is Cc1ccc(-c2csc(NC(=O)c3cccc(O)c3)n2)cc1. The summed E-state index contributed by atoms with van der Waals surface area (Å²) in [5.74, 6) is -0.229. The van der Waals surface area contributed by atoms with Gasteiger partial charge >= 0.3 is 0 Å². The Bertz CT molecular complexity index is 810. The van der Waals surface area contributed by atoms with Crippen molar-refractivity contribution in [3.8, 4) is 17.0 Å². The predicted molar refractivity (Wildman–Crippen MR) is 88.3 cm³/mol. The van der Waals surface area contributed by atoms with Crippen LogP contribution in [-0.4, -0.2) is 16.0 Å². The Morgan fingerprint density at radius 3 is 2.68 bits per heavy atom. The normalized spacial score (nSPS) is 10.4. The van der Waals surface area contributed by atoms with E-state index in [1.54, 1.807) is 12.1 Å². The number of nitrogens with one attached hydrogen (secondary N) is 1. The number of carbonyl (C=O) groups excluding carboxylic acids is 1. The first kappa shape index (κ1) is 14.3. The van der Waals surface area contributed by atoms with Crippen LogP contribution >= 0.6 is 11.3 Å². The molecule has 2 aromatic carbocycles. The van der Waals surface area contributed by atoms with E-state index in [1.165, 1.54) is 29.0 Å². The summed E-state index contributed by atoms with van der Waals surface area (Å²) in [4.78, 5) is 16.5. The lowest BCUT2D eigenvalue weighted by Crippen LogP contribution is -2.11. The predicted octanol–water partition coefficient (Wildman–Crippen LogP) is 4.08. The summed E-state index contributed by atoms with van der Waals surface area (Å²) in [6.45, 7) is 2.03. The molecule has 4 nitrogen and oxygen atoms in total. The zero-order valence-corrected chi connectivity index (χ0v) is 12.7. The topological polar surface area (TPSA) is 62.2 Å². The zero-order chi connectivity index (χ0) is 15.5. The van der Waals surface area contributed by atoms with E-state index in [-0.39, 0.29) is 11.7 Å². The standard InChI is InChI=1S/C17H14N2O2S/c1-11-5-7-12(8-6-11)15-10-22-17(18-15)19-16(21)13-3-2-4-14(20)9-13/h2-10,20H,1H3,(H,18,19,21). The van der Waals surface area contributed by atoms with Gasteiger partial charge in [-0.3, -0.25) is 10.1 Å². The van der Waals surface area contributed by atoms with Gasteiger partial charge in [0.05, 0.1) is 5.69 Å². The van der Waals surface area contributed by atoms with Gasteiger partial charge in [0, 0.05) is 16.5 Å². The molecule has 0 unspecified atom stereocenters. The monoisotopic (exact) mass is 310 g/mol. The number of phenols is 1. The number of anilines is 1. The number of rotatable bonds is 3. The average molecular weight is 310 g/mol. The van der Waals surface area contributed by atoms with Crippen LogP contribution in [0.15, 0.2) is 53.9 Å². The number of aromatic nitrogens is 1. The van der Waals surface area contributed by atoms with Crippen molar-refractivity contribution >= 4 is 22.4 Å². The van der Waals surface area contributed by atoms with Crippen molar-refractivity contribution in [3.05, 3.63) is 65.0 Å². The molecule has 22 heavy (non-hydrogen) atoms. The molecule has 0 atom stereocenters. The van der Waals surface area contributed by atoms with Crippen LogP contribution in [-0.2, 0) is 0 Å². The molecule has 0 aliphatic rings. The fraction of sp³-hybridized carbons (Fsp3) is 0.0588. The molecular formula is C17H14N2O2S. The first-order valence-corrected chi connectivity index (χ1v) is 7.63. The molecule has 1 amide bonds. The third-order valence-corrected chi connectivity index (χ3v) is 3.94. The highest BCUT2D eigenvalue weighted by molar-refractivity contribution is 7.14. The van der Waals surface area contributed by atoms with Gasteiger partial charge in [-0.05, 0) is 25.1 Å². The lowest BCUT2D eigenvalue weighted by Gasteiger charge is -2.02. The molecule has 3 rings (SSSR count). The molecule has 0 aliphatic heterocycles. The number of nitrogens with zero attached hydrogens (tertiary/aromatic N) is 1. The quantitative estimate of drug-likeness (QED) is 0.766. The fourth-order valence-corrected chi connectivity index (χ4v) is 2.72. The molecule has 0 radical (unpaired) electrons. The highest BCUT2D eigenvalue weighted by Crippen LogP contribution is 2.25. The second kappa shape index (κ2) is 5.99. The van der Waals surface area contributed by atoms with Gasteiger partial charge in [0.15, 0.2) is 5.13 Å². The molecule has 0 fully saturated rings. The van der Waals surface area contributed by atoms with Crippen molar-refractivity contribution in [2.24, 2.45) is 0 Å². The largest absolute Gasteiger partial charge is 0.508 e. The van der Waals surface area contributed by atoms with Gasteiger partial charge < -0.3 is 5.11 Å². The van der Waals surface area contributed by atoms with Crippen LogP contribution in [0.5, 0.6) is 5.75 Å². The average Bonchev–Trinajstić information content (AvgIpc) is 2.96. The molecule has 2 N–H and O–H groups in total. The van der Waals surface area contributed by atoms with Gasteiger partial charge in [-0.15, -0.1) is 11.3 Å². The fourth-order valence-electron chi connectivity index (χ4n) is 2.00. The molecule has 0 saturated heterocycles. The zero-order valence-electron chi connectivity index (χ0n) is 11.9. The number of aryl methyl sites for hydroxylation is 1. The Morgan fingerprint density at radius 1 is 1.18 bits per heavy atom. The third-order valence-electron chi connectivity index (χ3n) is 3.18. The van der Waals surface area contributed by atoms with Gasteiger partial charge in [0.2, 0.25) is 0 Å². The Labute approximate surface area is 132 Å². The molecular weight excluding hydrogens is 296 g/mol. The summed E-state index contributed by atoms with van der Waals surface area (Å²) >= 11 is 1.37. The number of phenolic OH excluding ortho intramolecular Hbond substituents is 1. The molecule has 0 bridgehead atoms. The Balaban J connectivity index is 1.77. The number of hydrogen-bond donors (Lipinski definition) is 2. The van der Waals surface area contributed by atoms with Gasteiger partial charge in [0.25, 0.3) is 5.91 Å². The summed E-state index contributed by atoms with van der Waals surface area (Å²) in [5, 5.41) is 14.6. The maximum absolute atomic E-state index is 12.1. The van der Waals surface area contributed by atoms with Crippen molar-refractivity contribution < 1.29 is 9.90 Å². The maximum Gasteiger partial charge on any atom is 0.257 e. The Hall–Kier alpha value is -2.66. The Morgan fingerprint density at radius 2 is 1.95 bits per heavy atom. The van der Waals surface area contributed by atoms with E-state index < -0.39 is 0 Å². The van der Waals surface area contributed by atoms with E-state index in [0.717, 1.165) is 11.3 Å². The molecule has 1 aromatic heterocycles. The minimum atomic E-state index is -0.291. The first-order valence-electron chi connectivity index (χ1n) is 6.75. The summed E-state index contributed by atoms with van der Waals surface area (Å²) < 4.78 is 0. The van der Waals surface area contributed by atoms with Gasteiger partial charge in [-0.2, -0.15) is 0 Å². The first-order chi connectivity index (χ1) is 10.6. The second-order valence-electron chi connectivity index (χ2n) is 4.91. The Kier molecular flexibility index (Phi) is 3.89. The summed E-state index contributed by atoms with van der Waals surface area (Å²) in [7, 11) is 0. The van der Waals surface area contributed by atoms with Crippen molar-refractivity contribution in [1.82, 2.24) is 4.98 Å². The lowest BCUT2D eigenvalue weighted by molar-refractivity contribution is 0.102. The maximum atomic E-state index is 12.1. The lowest BCUT2D eigenvalue weighted by atomic mass is 10.1. The minimum Gasteiger partial charge on any atom is -0.508 e. The summed E-state index contributed by atoms with van der Waals surface area (Å²) in [5.41, 5.74) is 3.43. The van der Waals surface area contributed by atoms with E-state index in [0.29, 0.717) is 10.7 Å². The van der Waals surface area contributed by atoms with Crippen LogP contribution in [0.1, 0.15) is 15.9 Å². The van der Waals surface area contributed by atoms with E-state index in [9.17, 15) is 9.90 Å². The highest BCUT2D eigenvalue weighted by Gasteiger charge is 2.10. The smallest absolute Gasteiger partial charge is 0.257 e. The number of thiazole rings is 1. The van der Waals surface area contributed by atoms with Gasteiger partial charge in [-0.25, -0.2) is 4.98 Å². The molecule has 5 heteroatoms. The van der Waals surface area contributed by atoms with Gasteiger partial charge in [-0.1, -0.05) is 35.9 Å². The minimum absolute atomic E-state index is 0.0622. The van der Waals surface area contributed by atoms with Gasteiger partial charge in [0.1, 0.15) is 5.75 Å². The molecule has 110 valence electrons. The molecule has 0 aliphatic carbocycles. The van der Waals surface area contributed by atoms with Crippen LogP contribution in [0.4, 0.5) is 5.13 Å². The summed E-state index contributed by atoms with van der Waals surface area (Å²) in [6.07, 6.45) is 0. The van der Waals surface area contributed by atoms with E-state index in [4.69, 9.17) is 0 Å². The van der Waals surface area contributed by atoms with E-state index >= 15 is 0 Å². The van der Waals surface area contributed by atoms with E-state index in [1.807, 2.05) is 36.6 Å². The molecule has 1 heterocycles. The highest BCUT2D eigenvalue weighted by atomic mass is 32.1. The number of aromatic hydroxyl groups is 1. The third kappa shape index (κ3) is 3.15. The summed E-state index contributed by atoms with van der Waals surface area (Å²) in [6, 6.07) is 14.3. The number of hydrogen-bond acceptors (Lipinski definition) is 4. The van der Waals surface area contributed by atoms with Crippen LogP contribution in [0.25, 0.3) is 11.3 Å². The van der Waals surface area contributed by atoms with Crippen LogP contribution in [0.2, 0.25) is 0 Å². The number of carbonyl (C=O) groups is 1. The second-order valence-corrected chi connectivity index (χ2v) is 5.77. The van der Waals surface area contributed by atoms with Crippen LogP contribution < -0.4 is 5.32 Å². The molecule has 0 saturated carbocycles. The molecule has 3 aromatic rings. The van der Waals surface area contributed by atoms with Crippen LogP contribution in [0, 0.1) is 6.92 Å². The number of amides is 1.